The van der Waals surface area contributed by atoms with Gasteiger partial charge in [-0.2, -0.15) is 10.2 Å². The van der Waals surface area contributed by atoms with Crippen LogP contribution in [0, 0.1) is 0 Å². The van der Waals surface area contributed by atoms with Gasteiger partial charge in [-0.15, -0.1) is 0 Å². The summed E-state index contributed by atoms with van der Waals surface area (Å²) in [6, 6.07) is 19.0. The van der Waals surface area contributed by atoms with Crippen molar-refractivity contribution in [2.45, 2.75) is 33.0 Å². The van der Waals surface area contributed by atoms with E-state index in [1.54, 1.807) is 18.9 Å². The van der Waals surface area contributed by atoms with Crippen molar-refractivity contribution in [1.82, 2.24) is 35.2 Å². The van der Waals surface area contributed by atoms with E-state index in [4.69, 9.17) is 4.99 Å². The minimum absolute atomic E-state index is 0.603. The fraction of sp³-hybridized carbons (Fsp3) is 0.280. The predicted octanol–water partition coefficient (Wildman–Crippen LogP) is 3.34. The van der Waals surface area contributed by atoms with Gasteiger partial charge in [-0.3, -0.25) is 4.68 Å². The third-order valence-electron chi connectivity index (χ3n) is 5.26. The Labute approximate surface area is 194 Å². The molecule has 0 unspecified atom stereocenters. The largest absolute Gasteiger partial charge is 0.357 e. The maximum Gasteiger partial charge on any atom is 0.191 e. The number of hydrogen-bond acceptors (Lipinski definition) is 4. The minimum atomic E-state index is 0.603. The number of aliphatic imine (C=N–C) groups is 1. The highest BCUT2D eigenvalue weighted by atomic mass is 15.3. The topological polar surface area (TPSA) is 85.0 Å². The lowest BCUT2D eigenvalue weighted by atomic mass is 9.98. The molecule has 170 valence electrons. The summed E-state index contributed by atoms with van der Waals surface area (Å²) in [5, 5.41) is 15.2. The van der Waals surface area contributed by atoms with Gasteiger partial charge in [0.05, 0.1) is 13.1 Å². The van der Waals surface area contributed by atoms with E-state index in [0.29, 0.717) is 13.1 Å². The highest BCUT2D eigenvalue weighted by Gasteiger charge is 2.06. The van der Waals surface area contributed by atoms with E-state index in [1.807, 2.05) is 21.6 Å². The Balaban J connectivity index is 1.39. The van der Waals surface area contributed by atoms with Crippen molar-refractivity contribution in [2.75, 3.05) is 13.1 Å². The molecule has 33 heavy (non-hydrogen) atoms. The molecular formula is C25H30N8. The molecule has 0 saturated carbocycles. The van der Waals surface area contributed by atoms with E-state index in [9.17, 15) is 0 Å². The summed E-state index contributed by atoms with van der Waals surface area (Å²) in [7, 11) is 0. The lowest BCUT2D eigenvalue weighted by Crippen LogP contribution is -2.38. The molecule has 2 aromatic heterocycles. The molecule has 0 bridgehead atoms. The van der Waals surface area contributed by atoms with Gasteiger partial charge in [-0.1, -0.05) is 48.5 Å². The first-order valence-corrected chi connectivity index (χ1v) is 11.3. The van der Waals surface area contributed by atoms with E-state index < -0.39 is 0 Å². The second-order valence-electron chi connectivity index (χ2n) is 7.69. The summed E-state index contributed by atoms with van der Waals surface area (Å²) in [5.41, 5.74) is 4.76. The van der Waals surface area contributed by atoms with E-state index in [-0.39, 0.29) is 0 Å². The molecule has 0 atom stereocenters. The van der Waals surface area contributed by atoms with Crippen molar-refractivity contribution in [1.29, 1.82) is 0 Å². The van der Waals surface area contributed by atoms with Crippen molar-refractivity contribution in [3.8, 4) is 11.1 Å². The monoisotopic (exact) mass is 442 g/mol. The molecule has 8 heteroatoms. The number of aryl methyl sites for hydroxylation is 1. The van der Waals surface area contributed by atoms with Crippen LogP contribution in [0.3, 0.4) is 0 Å². The summed E-state index contributed by atoms with van der Waals surface area (Å²) < 4.78 is 3.77. The lowest BCUT2D eigenvalue weighted by molar-refractivity contribution is 0.570. The smallest absolute Gasteiger partial charge is 0.191 e. The van der Waals surface area contributed by atoms with Crippen LogP contribution >= 0.6 is 0 Å². The van der Waals surface area contributed by atoms with Crippen LogP contribution in [-0.2, 0) is 19.6 Å². The number of guanidine groups is 1. The summed E-state index contributed by atoms with van der Waals surface area (Å²) in [6.07, 6.45) is 8.05. The van der Waals surface area contributed by atoms with Gasteiger partial charge >= 0.3 is 0 Å². The number of nitrogens with one attached hydrogen (secondary N) is 2. The molecule has 0 spiro atoms. The minimum Gasteiger partial charge on any atom is -0.357 e. The molecule has 4 rings (SSSR count). The quantitative estimate of drug-likeness (QED) is 0.224. The van der Waals surface area contributed by atoms with Crippen molar-refractivity contribution in [3.05, 3.63) is 90.8 Å². The molecular weight excluding hydrogens is 412 g/mol. The Bertz CT molecular complexity index is 1120. The van der Waals surface area contributed by atoms with Gasteiger partial charge in [0.15, 0.2) is 5.96 Å². The van der Waals surface area contributed by atoms with Crippen molar-refractivity contribution < 1.29 is 0 Å². The first-order valence-electron chi connectivity index (χ1n) is 11.3. The van der Waals surface area contributed by atoms with Crippen molar-refractivity contribution in [3.63, 3.8) is 0 Å². The van der Waals surface area contributed by atoms with E-state index >= 15 is 0 Å². The number of aromatic nitrogens is 5. The van der Waals surface area contributed by atoms with Crippen LogP contribution in [0.25, 0.3) is 11.1 Å². The average Bonchev–Trinajstić information content (AvgIpc) is 3.55. The predicted molar refractivity (Wildman–Crippen MR) is 131 cm³/mol. The lowest BCUT2D eigenvalue weighted by Gasteiger charge is -2.13. The fourth-order valence-electron chi connectivity index (χ4n) is 3.62. The third kappa shape index (κ3) is 6.52. The average molecular weight is 443 g/mol. The molecule has 0 radical (unpaired) electrons. The Kier molecular flexibility index (Phi) is 7.83. The Morgan fingerprint density at radius 3 is 2.61 bits per heavy atom. The zero-order valence-electron chi connectivity index (χ0n) is 18.9. The van der Waals surface area contributed by atoms with Gasteiger partial charge in [0.1, 0.15) is 12.7 Å². The number of nitrogens with zero attached hydrogens (tertiary/aromatic N) is 6. The van der Waals surface area contributed by atoms with Crippen LogP contribution in [0.15, 0.2) is 84.6 Å². The normalized spacial score (nSPS) is 11.5. The van der Waals surface area contributed by atoms with E-state index in [1.165, 1.54) is 22.3 Å². The van der Waals surface area contributed by atoms with E-state index in [2.05, 4.69) is 81.3 Å². The number of benzene rings is 2. The first-order chi connectivity index (χ1) is 16.3. The molecule has 0 aliphatic heterocycles. The highest BCUT2D eigenvalue weighted by Crippen LogP contribution is 2.25. The maximum atomic E-state index is 4.83. The van der Waals surface area contributed by atoms with Gasteiger partial charge in [0, 0.05) is 32.0 Å². The van der Waals surface area contributed by atoms with Gasteiger partial charge in [0.2, 0.25) is 0 Å². The summed E-state index contributed by atoms with van der Waals surface area (Å²) >= 11 is 0. The Morgan fingerprint density at radius 2 is 1.85 bits per heavy atom. The summed E-state index contributed by atoms with van der Waals surface area (Å²) in [6.45, 7) is 5.93. The van der Waals surface area contributed by atoms with Gasteiger partial charge in [-0.25, -0.2) is 14.7 Å². The molecule has 2 N–H and O–H groups in total. The van der Waals surface area contributed by atoms with Crippen LogP contribution < -0.4 is 10.6 Å². The van der Waals surface area contributed by atoms with Crippen LogP contribution in [-0.4, -0.2) is 43.6 Å². The van der Waals surface area contributed by atoms with Crippen LogP contribution in [0.2, 0.25) is 0 Å². The zero-order chi connectivity index (χ0) is 22.7. The molecule has 0 aliphatic rings. The molecule has 0 aliphatic carbocycles. The van der Waals surface area contributed by atoms with Gasteiger partial charge < -0.3 is 10.6 Å². The summed E-state index contributed by atoms with van der Waals surface area (Å²) in [4.78, 5) is 8.83. The van der Waals surface area contributed by atoms with Gasteiger partial charge in [-0.05, 0) is 41.7 Å². The fourth-order valence-corrected chi connectivity index (χ4v) is 3.62. The standard InChI is InChI=1S/C25H30N8/c1-2-27-25(28-13-5-15-32-16-6-14-30-32)29-17-23-7-3-4-8-24(23)22-11-9-21(10-12-22)18-33-20-26-19-31-33/h3-4,6-12,14,16,19-20H,2,5,13,15,17-18H2,1H3,(H2,27,28,29). The highest BCUT2D eigenvalue weighted by molar-refractivity contribution is 5.80. The number of rotatable bonds is 10. The van der Waals surface area contributed by atoms with Gasteiger partial charge in [0.25, 0.3) is 0 Å². The maximum absolute atomic E-state index is 4.83. The van der Waals surface area contributed by atoms with Crippen molar-refractivity contribution >= 4 is 5.96 Å². The Hall–Kier alpha value is -3.94. The second-order valence-corrected chi connectivity index (χ2v) is 7.69. The van der Waals surface area contributed by atoms with Crippen LogP contribution in [0.1, 0.15) is 24.5 Å². The molecule has 0 saturated heterocycles. The SMILES string of the molecule is CCNC(=NCc1ccccc1-c1ccc(Cn2cncn2)cc1)NCCCn1cccn1. The summed E-state index contributed by atoms with van der Waals surface area (Å²) in [5.74, 6) is 0.830. The number of hydrogen-bond donors (Lipinski definition) is 2. The molecule has 2 heterocycles. The van der Waals surface area contributed by atoms with Crippen LogP contribution in [0.4, 0.5) is 0 Å². The van der Waals surface area contributed by atoms with E-state index in [0.717, 1.165) is 32.0 Å². The Morgan fingerprint density at radius 1 is 0.970 bits per heavy atom. The third-order valence-corrected chi connectivity index (χ3v) is 5.26. The molecule has 0 amide bonds. The molecule has 4 aromatic rings. The second kappa shape index (κ2) is 11.6. The molecule has 8 nitrogen and oxygen atoms in total. The van der Waals surface area contributed by atoms with Crippen LogP contribution in [0.5, 0.6) is 0 Å². The first kappa shape index (κ1) is 22.3. The molecule has 0 fully saturated rings. The molecule has 2 aromatic carbocycles. The zero-order valence-corrected chi connectivity index (χ0v) is 18.9. The van der Waals surface area contributed by atoms with Crippen molar-refractivity contribution in [2.24, 2.45) is 4.99 Å².